The van der Waals surface area contributed by atoms with Crippen molar-refractivity contribution < 1.29 is 19.1 Å². The summed E-state index contributed by atoms with van der Waals surface area (Å²) in [6, 6.07) is 4.07. The zero-order valence-electron chi connectivity index (χ0n) is 14.2. The molecule has 0 saturated carbocycles. The maximum Gasteiger partial charge on any atom is 0.319 e. The fraction of sp³-hybridized carbons (Fsp3) is 0.529. The van der Waals surface area contributed by atoms with E-state index in [-0.39, 0.29) is 18.5 Å². The van der Waals surface area contributed by atoms with Gasteiger partial charge in [-0.3, -0.25) is 9.69 Å². The number of halogens is 2. The van der Waals surface area contributed by atoms with Gasteiger partial charge < -0.3 is 14.9 Å². The van der Waals surface area contributed by atoms with Crippen molar-refractivity contribution >= 4 is 23.6 Å². The first-order valence-corrected chi connectivity index (χ1v) is 8.46. The standard InChI is InChI=1S/C17H21ClFN3O3/c1-20(2)16(25)22-8-12-7-21(9-17(12,10-22)15(23)24)6-11-3-4-13(19)5-14(11)18/h3-5,12H,6-10H2,1-2H3,(H,23,24)/t12-,17-/m0/s1. The van der Waals surface area contributed by atoms with E-state index < -0.39 is 17.2 Å². The highest BCUT2D eigenvalue weighted by Crippen LogP contribution is 2.43. The third-order valence-electron chi connectivity index (χ3n) is 5.17. The second-order valence-corrected chi connectivity index (χ2v) is 7.53. The van der Waals surface area contributed by atoms with E-state index in [9.17, 15) is 19.1 Å². The van der Waals surface area contributed by atoms with Crippen LogP contribution in [0.4, 0.5) is 9.18 Å². The second kappa shape index (κ2) is 6.46. The summed E-state index contributed by atoms with van der Waals surface area (Å²) in [6.45, 7) is 2.01. The first-order valence-electron chi connectivity index (χ1n) is 8.09. The van der Waals surface area contributed by atoms with Crippen LogP contribution in [-0.2, 0) is 11.3 Å². The number of hydrogen-bond acceptors (Lipinski definition) is 3. The smallest absolute Gasteiger partial charge is 0.319 e. The van der Waals surface area contributed by atoms with E-state index >= 15 is 0 Å². The van der Waals surface area contributed by atoms with Gasteiger partial charge in [-0.2, -0.15) is 0 Å². The number of rotatable bonds is 3. The summed E-state index contributed by atoms with van der Waals surface area (Å²) in [5, 5.41) is 10.2. The van der Waals surface area contributed by atoms with E-state index in [1.807, 2.05) is 4.90 Å². The number of fused-ring (bicyclic) bond motifs is 1. The zero-order chi connectivity index (χ0) is 18.4. The molecule has 1 N–H and O–H groups in total. The van der Waals surface area contributed by atoms with Crippen molar-refractivity contribution in [3.8, 4) is 0 Å². The summed E-state index contributed by atoms with van der Waals surface area (Å²) in [5.74, 6) is -1.40. The monoisotopic (exact) mass is 369 g/mol. The van der Waals surface area contributed by atoms with Gasteiger partial charge in [0, 0.05) is 57.8 Å². The molecule has 0 aliphatic carbocycles. The number of aliphatic carboxylic acids is 1. The quantitative estimate of drug-likeness (QED) is 0.885. The Morgan fingerprint density at radius 1 is 1.36 bits per heavy atom. The molecule has 2 atom stereocenters. The molecule has 6 nitrogen and oxygen atoms in total. The van der Waals surface area contributed by atoms with Crippen LogP contribution in [0.5, 0.6) is 0 Å². The van der Waals surface area contributed by atoms with E-state index in [0.717, 1.165) is 5.56 Å². The second-order valence-electron chi connectivity index (χ2n) is 7.12. The number of benzene rings is 1. The number of carboxylic acids is 1. The van der Waals surface area contributed by atoms with Crippen LogP contribution in [-0.4, -0.2) is 72.1 Å². The van der Waals surface area contributed by atoms with Gasteiger partial charge in [-0.1, -0.05) is 17.7 Å². The fourth-order valence-corrected chi connectivity index (χ4v) is 4.14. The minimum Gasteiger partial charge on any atom is -0.481 e. The normalized spacial score (nSPS) is 25.9. The highest BCUT2D eigenvalue weighted by molar-refractivity contribution is 6.31. The molecule has 2 aliphatic heterocycles. The van der Waals surface area contributed by atoms with Gasteiger partial charge >= 0.3 is 12.0 Å². The van der Waals surface area contributed by atoms with Gasteiger partial charge in [0.1, 0.15) is 11.2 Å². The minimum absolute atomic E-state index is 0.131. The number of urea groups is 1. The Kier molecular flexibility index (Phi) is 4.64. The lowest BCUT2D eigenvalue weighted by Crippen LogP contribution is -2.44. The van der Waals surface area contributed by atoms with E-state index in [0.29, 0.717) is 31.2 Å². The highest BCUT2D eigenvalue weighted by Gasteiger charge is 2.58. The summed E-state index contributed by atoms with van der Waals surface area (Å²) in [4.78, 5) is 29.3. The van der Waals surface area contributed by atoms with Crippen molar-refractivity contribution in [3.05, 3.63) is 34.6 Å². The Hall–Kier alpha value is -1.86. The van der Waals surface area contributed by atoms with Crippen molar-refractivity contribution in [1.82, 2.24) is 14.7 Å². The average Bonchev–Trinajstić information content (AvgIpc) is 3.04. The van der Waals surface area contributed by atoms with Gasteiger partial charge in [0.05, 0.1) is 0 Å². The molecule has 2 saturated heterocycles. The molecule has 0 bridgehead atoms. The van der Waals surface area contributed by atoms with Crippen molar-refractivity contribution in [2.75, 3.05) is 40.3 Å². The molecule has 0 spiro atoms. The lowest BCUT2D eigenvalue weighted by atomic mass is 9.81. The fourth-order valence-electron chi connectivity index (χ4n) is 3.91. The van der Waals surface area contributed by atoms with Crippen molar-refractivity contribution in [3.63, 3.8) is 0 Å². The van der Waals surface area contributed by atoms with Crippen LogP contribution in [0.1, 0.15) is 5.56 Å². The average molecular weight is 370 g/mol. The van der Waals surface area contributed by atoms with Crippen molar-refractivity contribution in [2.45, 2.75) is 6.54 Å². The minimum atomic E-state index is -0.960. The molecule has 2 amide bonds. The van der Waals surface area contributed by atoms with Gasteiger partial charge in [-0.05, 0) is 17.7 Å². The Morgan fingerprint density at radius 3 is 2.64 bits per heavy atom. The third kappa shape index (κ3) is 3.18. The molecule has 1 aromatic carbocycles. The maximum absolute atomic E-state index is 13.2. The Balaban J connectivity index is 1.75. The number of carbonyl (C=O) groups excluding carboxylic acids is 1. The van der Waals surface area contributed by atoms with Crippen LogP contribution in [0, 0.1) is 17.2 Å². The molecular weight excluding hydrogens is 349 g/mol. The summed E-state index contributed by atoms with van der Waals surface area (Å²) < 4.78 is 13.2. The molecule has 0 aromatic heterocycles. The molecule has 0 unspecified atom stereocenters. The number of hydrogen-bond donors (Lipinski definition) is 1. The van der Waals surface area contributed by atoms with Crippen molar-refractivity contribution in [1.29, 1.82) is 0 Å². The molecule has 1 aromatic rings. The van der Waals surface area contributed by atoms with Gasteiger partial charge in [0.15, 0.2) is 0 Å². The number of likely N-dealkylation sites (tertiary alicyclic amines) is 2. The molecule has 2 aliphatic rings. The topological polar surface area (TPSA) is 64.1 Å². The van der Waals surface area contributed by atoms with Crippen LogP contribution in [0.2, 0.25) is 5.02 Å². The zero-order valence-corrected chi connectivity index (χ0v) is 15.0. The molecule has 3 rings (SSSR count). The predicted molar refractivity (Wildman–Crippen MR) is 90.9 cm³/mol. The maximum atomic E-state index is 13.2. The van der Waals surface area contributed by atoms with Crippen LogP contribution < -0.4 is 0 Å². The first-order chi connectivity index (χ1) is 11.7. The molecule has 0 radical (unpaired) electrons. The molecule has 2 fully saturated rings. The SMILES string of the molecule is CN(C)C(=O)N1C[C@@H]2CN(Cc3ccc(F)cc3Cl)C[C@]2(C(=O)O)C1. The van der Waals surface area contributed by atoms with Crippen LogP contribution in [0.25, 0.3) is 0 Å². The lowest BCUT2D eigenvalue weighted by Gasteiger charge is -2.27. The van der Waals surface area contributed by atoms with E-state index in [1.165, 1.54) is 17.0 Å². The highest BCUT2D eigenvalue weighted by atomic mass is 35.5. The van der Waals surface area contributed by atoms with Crippen LogP contribution in [0.15, 0.2) is 18.2 Å². The van der Waals surface area contributed by atoms with Gasteiger partial charge in [0.25, 0.3) is 0 Å². The summed E-state index contributed by atoms with van der Waals surface area (Å²) in [6.07, 6.45) is 0. The molecule has 2 heterocycles. The number of amides is 2. The Labute approximate surface area is 150 Å². The van der Waals surface area contributed by atoms with Crippen LogP contribution in [0.3, 0.4) is 0 Å². The summed E-state index contributed by atoms with van der Waals surface area (Å²) in [7, 11) is 3.32. The molecule has 8 heteroatoms. The number of carboxylic acid groups (broad SMARTS) is 1. The Morgan fingerprint density at radius 2 is 2.08 bits per heavy atom. The first kappa shape index (κ1) is 17.9. The number of carbonyl (C=O) groups is 2. The van der Waals surface area contributed by atoms with Gasteiger partial charge in [0.2, 0.25) is 0 Å². The van der Waals surface area contributed by atoms with Crippen LogP contribution >= 0.6 is 11.6 Å². The predicted octanol–water partition coefficient (Wildman–Crippen LogP) is 1.98. The van der Waals surface area contributed by atoms with E-state index in [4.69, 9.17) is 11.6 Å². The van der Waals surface area contributed by atoms with Gasteiger partial charge in [-0.15, -0.1) is 0 Å². The summed E-state index contributed by atoms with van der Waals surface area (Å²) >= 11 is 6.08. The Bertz CT molecular complexity index is 714. The summed E-state index contributed by atoms with van der Waals surface area (Å²) in [5.41, 5.74) is -0.192. The molecule has 136 valence electrons. The largest absolute Gasteiger partial charge is 0.481 e. The van der Waals surface area contributed by atoms with Crippen molar-refractivity contribution in [2.24, 2.45) is 11.3 Å². The van der Waals surface area contributed by atoms with E-state index in [2.05, 4.69) is 0 Å². The van der Waals surface area contributed by atoms with Gasteiger partial charge in [-0.25, -0.2) is 9.18 Å². The lowest BCUT2D eigenvalue weighted by molar-refractivity contribution is -0.148. The van der Waals surface area contributed by atoms with E-state index in [1.54, 1.807) is 25.1 Å². The molecular formula is C17H21ClFN3O3. The number of nitrogens with zero attached hydrogens (tertiary/aromatic N) is 3. The third-order valence-corrected chi connectivity index (χ3v) is 5.52. The molecule has 25 heavy (non-hydrogen) atoms.